The Balaban J connectivity index is 2.11. The number of aryl methyl sites for hydroxylation is 1. The van der Waals surface area contributed by atoms with Crippen molar-refractivity contribution < 1.29 is 14.3 Å². The highest BCUT2D eigenvalue weighted by Gasteiger charge is 2.27. The lowest BCUT2D eigenvalue weighted by molar-refractivity contribution is -0.144. The number of amides is 1. The Hall–Kier alpha value is -1.36. The van der Waals surface area contributed by atoms with Crippen LogP contribution in [0.25, 0.3) is 0 Å². The van der Waals surface area contributed by atoms with Crippen molar-refractivity contribution in [3.05, 3.63) is 21.4 Å². The van der Waals surface area contributed by atoms with Gasteiger partial charge in [-0.15, -0.1) is 11.3 Å². The van der Waals surface area contributed by atoms with Crippen LogP contribution in [0.2, 0.25) is 0 Å². The van der Waals surface area contributed by atoms with Gasteiger partial charge in [-0.1, -0.05) is 20.8 Å². The van der Waals surface area contributed by atoms with E-state index in [0.717, 1.165) is 12.8 Å². The van der Waals surface area contributed by atoms with Crippen molar-refractivity contribution in [2.24, 2.45) is 11.8 Å². The summed E-state index contributed by atoms with van der Waals surface area (Å²) >= 11 is 1.55. The summed E-state index contributed by atoms with van der Waals surface area (Å²) in [6.45, 7) is 6.03. The molecule has 2 unspecified atom stereocenters. The number of rotatable bonds is 4. The van der Waals surface area contributed by atoms with Gasteiger partial charge >= 0.3 is 5.97 Å². The second kappa shape index (κ2) is 6.60. The van der Waals surface area contributed by atoms with E-state index in [-0.39, 0.29) is 11.8 Å². The molecule has 4 nitrogen and oxygen atoms in total. The molecule has 1 aromatic heterocycles. The summed E-state index contributed by atoms with van der Waals surface area (Å²) in [4.78, 5) is 26.1. The predicted molar refractivity (Wildman–Crippen MR) is 83.6 cm³/mol. The van der Waals surface area contributed by atoms with Gasteiger partial charge in [0, 0.05) is 4.88 Å². The number of methoxy groups -OCH3 is 1. The van der Waals surface area contributed by atoms with Crippen LogP contribution >= 0.6 is 11.3 Å². The third-order valence-corrected chi connectivity index (χ3v) is 5.20. The van der Waals surface area contributed by atoms with Gasteiger partial charge in [-0.05, 0) is 42.7 Å². The van der Waals surface area contributed by atoms with Crippen molar-refractivity contribution in [2.75, 3.05) is 7.11 Å². The van der Waals surface area contributed by atoms with Crippen LogP contribution in [-0.2, 0) is 22.4 Å². The van der Waals surface area contributed by atoms with Gasteiger partial charge in [0.2, 0.25) is 0 Å². The van der Waals surface area contributed by atoms with E-state index in [1.165, 1.54) is 24.0 Å². The molecule has 0 aromatic carbocycles. The second-order valence-corrected chi connectivity index (χ2v) is 7.26. The van der Waals surface area contributed by atoms with E-state index < -0.39 is 12.0 Å². The van der Waals surface area contributed by atoms with Crippen molar-refractivity contribution in [3.8, 4) is 0 Å². The zero-order valence-corrected chi connectivity index (χ0v) is 13.9. The number of fused-ring (bicyclic) bond motifs is 1. The van der Waals surface area contributed by atoms with Crippen molar-refractivity contribution in [2.45, 2.75) is 46.1 Å². The normalized spacial score (nSPS) is 19.0. The predicted octanol–water partition coefficient (Wildman–Crippen LogP) is 2.80. The Morgan fingerprint density at radius 1 is 1.43 bits per heavy atom. The van der Waals surface area contributed by atoms with E-state index in [2.05, 4.69) is 12.2 Å². The molecule has 21 heavy (non-hydrogen) atoms. The van der Waals surface area contributed by atoms with Crippen molar-refractivity contribution in [1.82, 2.24) is 5.32 Å². The molecule has 1 amide bonds. The number of hydrogen-bond donors (Lipinski definition) is 1. The van der Waals surface area contributed by atoms with Crippen LogP contribution in [-0.4, -0.2) is 25.0 Å². The average molecular weight is 309 g/mol. The molecule has 116 valence electrons. The Morgan fingerprint density at radius 3 is 2.76 bits per heavy atom. The minimum atomic E-state index is -0.597. The minimum absolute atomic E-state index is 0.00370. The standard InChI is InChI=1S/C16H23NO3S/c1-9(2)14(16(19)20-4)17-15(18)13-8-11-7-10(3)5-6-12(11)21-13/h8-10,14H,5-7H2,1-4H3,(H,17,18). The summed E-state index contributed by atoms with van der Waals surface area (Å²) in [5, 5.41) is 2.80. The van der Waals surface area contributed by atoms with Crippen LogP contribution < -0.4 is 5.32 Å². The topological polar surface area (TPSA) is 55.4 Å². The lowest BCUT2D eigenvalue weighted by Gasteiger charge is -2.19. The van der Waals surface area contributed by atoms with Crippen LogP contribution in [0.1, 0.15) is 47.3 Å². The first-order valence-corrected chi connectivity index (χ1v) is 8.24. The van der Waals surface area contributed by atoms with Crippen LogP contribution in [0.15, 0.2) is 6.07 Å². The molecule has 1 aliphatic carbocycles. The number of nitrogens with one attached hydrogen (secondary N) is 1. The highest BCUT2D eigenvalue weighted by Crippen LogP contribution is 2.32. The van der Waals surface area contributed by atoms with Gasteiger partial charge in [-0.25, -0.2) is 4.79 Å². The molecule has 5 heteroatoms. The molecule has 2 rings (SSSR count). The van der Waals surface area contributed by atoms with E-state index in [4.69, 9.17) is 4.74 Å². The van der Waals surface area contributed by atoms with Crippen LogP contribution in [0.3, 0.4) is 0 Å². The van der Waals surface area contributed by atoms with Crippen LogP contribution in [0, 0.1) is 11.8 Å². The van der Waals surface area contributed by atoms with Crippen LogP contribution in [0.5, 0.6) is 0 Å². The molecule has 0 bridgehead atoms. The summed E-state index contributed by atoms with van der Waals surface area (Å²) in [6.07, 6.45) is 3.29. The second-order valence-electron chi connectivity index (χ2n) is 6.13. The SMILES string of the molecule is COC(=O)C(NC(=O)c1cc2c(s1)CCC(C)C2)C(C)C. The molecule has 0 spiro atoms. The van der Waals surface area contributed by atoms with Gasteiger partial charge in [0.25, 0.3) is 5.91 Å². The highest BCUT2D eigenvalue weighted by molar-refractivity contribution is 7.14. The van der Waals surface area contributed by atoms with Gasteiger partial charge in [-0.2, -0.15) is 0 Å². The number of carbonyl (C=O) groups is 2. The quantitative estimate of drug-likeness (QED) is 0.870. The van der Waals surface area contributed by atoms with Gasteiger partial charge < -0.3 is 10.1 Å². The molecule has 0 fully saturated rings. The molecule has 0 saturated carbocycles. The fourth-order valence-corrected chi connectivity index (χ4v) is 3.77. The molecule has 1 aromatic rings. The molecule has 0 saturated heterocycles. The highest BCUT2D eigenvalue weighted by atomic mass is 32.1. The van der Waals surface area contributed by atoms with Crippen LogP contribution in [0.4, 0.5) is 0 Å². The summed E-state index contributed by atoms with van der Waals surface area (Å²) in [7, 11) is 1.34. The summed E-state index contributed by atoms with van der Waals surface area (Å²) < 4.78 is 4.76. The van der Waals surface area contributed by atoms with Gasteiger partial charge in [0.1, 0.15) is 6.04 Å². The largest absolute Gasteiger partial charge is 0.467 e. The summed E-state index contributed by atoms with van der Waals surface area (Å²) in [6, 6.07) is 1.39. The zero-order chi connectivity index (χ0) is 15.6. The molecule has 1 aliphatic rings. The molecule has 1 N–H and O–H groups in total. The third kappa shape index (κ3) is 3.64. The Labute approximate surface area is 129 Å². The van der Waals surface area contributed by atoms with Crippen molar-refractivity contribution >= 4 is 23.2 Å². The van der Waals surface area contributed by atoms with Crippen molar-refractivity contribution in [1.29, 1.82) is 0 Å². The lowest BCUT2D eigenvalue weighted by Crippen LogP contribution is -2.44. The first-order valence-electron chi connectivity index (χ1n) is 7.42. The maximum Gasteiger partial charge on any atom is 0.328 e. The molecular formula is C16H23NO3S. The molecular weight excluding hydrogens is 286 g/mol. The average Bonchev–Trinajstić information content (AvgIpc) is 2.86. The van der Waals surface area contributed by atoms with E-state index in [9.17, 15) is 9.59 Å². The van der Waals surface area contributed by atoms with E-state index >= 15 is 0 Å². The fourth-order valence-electron chi connectivity index (χ4n) is 2.65. The molecule has 0 aliphatic heterocycles. The smallest absolute Gasteiger partial charge is 0.328 e. The molecule has 0 radical (unpaired) electrons. The Bertz CT molecular complexity index is 536. The third-order valence-electron chi connectivity index (χ3n) is 3.96. The Morgan fingerprint density at radius 2 is 2.14 bits per heavy atom. The maximum atomic E-state index is 12.4. The first-order chi connectivity index (χ1) is 9.92. The Kier molecular flexibility index (Phi) is 5.04. The van der Waals surface area contributed by atoms with Gasteiger partial charge in [-0.3, -0.25) is 4.79 Å². The molecule has 1 heterocycles. The number of hydrogen-bond acceptors (Lipinski definition) is 4. The number of thiophene rings is 1. The fraction of sp³-hybridized carbons (Fsp3) is 0.625. The van der Waals surface area contributed by atoms with Gasteiger partial charge in [0.15, 0.2) is 0 Å². The maximum absolute atomic E-state index is 12.4. The minimum Gasteiger partial charge on any atom is -0.467 e. The van der Waals surface area contributed by atoms with E-state index in [1.54, 1.807) is 11.3 Å². The van der Waals surface area contributed by atoms with E-state index in [1.807, 2.05) is 19.9 Å². The lowest BCUT2D eigenvalue weighted by atomic mass is 9.90. The number of carbonyl (C=O) groups excluding carboxylic acids is 2. The monoisotopic (exact) mass is 309 g/mol. The number of ether oxygens (including phenoxy) is 1. The van der Waals surface area contributed by atoms with Gasteiger partial charge in [0.05, 0.1) is 12.0 Å². The summed E-state index contributed by atoms with van der Waals surface area (Å²) in [5.41, 5.74) is 1.29. The van der Waals surface area contributed by atoms with Crippen molar-refractivity contribution in [3.63, 3.8) is 0 Å². The first kappa shape index (κ1) is 16.0. The molecule has 2 atom stereocenters. The van der Waals surface area contributed by atoms with E-state index in [0.29, 0.717) is 10.8 Å². The number of esters is 1. The summed E-state index contributed by atoms with van der Waals surface area (Å²) in [5.74, 6) is 0.108. The zero-order valence-electron chi connectivity index (χ0n) is 13.1.